The SMILES string of the molecule is CCOc1ccc(Nc2nc(N)c([N+](=O)[O-])c(OC)n2)cc1. The molecule has 0 aliphatic heterocycles. The van der Waals surface area contributed by atoms with Crippen LogP contribution in [-0.2, 0) is 0 Å². The molecule has 1 aromatic carbocycles. The van der Waals surface area contributed by atoms with Crippen LogP contribution < -0.4 is 20.5 Å². The molecular formula is C13H15N5O4. The van der Waals surface area contributed by atoms with Crippen molar-refractivity contribution < 1.29 is 14.4 Å². The molecule has 0 fully saturated rings. The van der Waals surface area contributed by atoms with Gasteiger partial charge in [0.1, 0.15) is 5.75 Å². The van der Waals surface area contributed by atoms with Crippen LogP contribution in [0.4, 0.5) is 23.1 Å². The Morgan fingerprint density at radius 1 is 1.32 bits per heavy atom. The molecular weight excluding hydrogens is 290 g/mol. The number of methoxy groups -OCH3 is 1. The number of nitrogens with two attached hydrogens (primary N) is 1. The summed E-state index contributed by atoms with van der Waals surface area (Å²) in [6, 6.07) is 7.08. The molecule has 0 atom stereocenters. The zero-order valence-corrected chi connectivity index (χ0v) is 12.1. The van der Waals surface area contributed by atoms with Crippen LogP contribution in [0.2, 0.25) is 0 Å². The Bertz CT molecular complexity index is 675. The van der Waals surface area contributed by atoms with Crippen molar-refractivity contribution in [3.63, 3.8) is 0 Å². The topological polar surface area (TPSA) is 125 Å². The molecule has 3 N–H and O–H groups in total. The van der Waals surface area contributed by atoms with Gasteiger partial charge in [-0.1, -0.05) is 0 Å². The molecule has 0 saturated carbocycles. The van der Waals surface area contributed by atoms with Gasteiger partial charge >= 0.3 is 11.6 Å². The highest BCUT2D eigenvalue weighted by molar-refractivity contribution is 5.64. The maximum absolute atomic E-state index is 10.9. The molecule has 0 unspecified atom stereocenters. The predicted octanol–water partition coefficient (Wildman–Crippen LogP) is 2.12. The highest BCUT2D eigenvalue weighted by Gasteiger charge is 2.24. The minimum Gasteiger partial charge on any atom is -0.494 e. The first-order chi connectivity index (χ1) is 10.5. The maximum atomic E-state index is 10.9. The van der Waals surface area contributed by atoms with Gasteiger partial charge in [-0.25, -0.2) is 0 Å². The molecule has 0 spiro atoms. The Balaban J connectivity index is 2.26. The van der Waals surface area contributed by atoms with Crippen LogP contribution in [0.5, 0.6) is 11.6 Å². The van der Waals surface area contributed by atoms with E-state index in [1.807, 2.05) is 6.92 Å². The number of nitrogens with zero attached hydrogens (tertiary/aromatic N) is 3. The van der Waals surface area contributed by atoms with Gasteiger partial charge in [0.25, 0.3) is 0 Å². The van der Waals surface area contributed by atoms with E-state index < -0.39 is 10.6 Å². The van der Waals surface area contributed by atoms with Gasteiger partial charge < -0.3 is 20.5 Å². The zero-order chi connectivity index (χ0) is 16.1. The highest BCUT2D eigenvalue weighted by Crippen LogP contribution is 2.31. The first-order valence-corrected chi connectivity index (χ1v) is 6.41. The van der Waals surface area contributed by atoms with Crippen molar-refractivity contribution in [3.8, 4) is 11.6 Å². The highest BCUT2D eigenvalue weighted by atomic mass is 16.6. The van der Waals surface area contributed by atoms with Gasteiger partial charge in [-0.2, -0.15) is 9.97 Å². The number of ether oxygens (including phenoxy) is 2. The summed E-state index contributed by atoms with van der Waals surface area (Å²) in [6.45, 7) is 2.47. The lowest BCUT2D eigenvalue weighted by Crippen LogP contribution is -2.07. The standard InChI is InChI=1S/C13H15N5O4/c1-3-22-9-6-4-8(5-7-9)15-13-16-11(14)10(18(19)20)12(17-13)21-2/h4-7H,3H2,1-2H3,(H3,14,15,16,17). The number of hydrogen-bond donors (Lipinski definition) is 2. The second-order valence-electron chi connectivity index (χ2n) is 4.13. The molecule has 22 heavy (non-hydrogen) atoms. The number of benzene rings is 1. The van der Waals surface area contributed by atoms with Gasteiger partial charge in [0.2, 0.25) is 11.8 Å². The van der Waals surface area contributed by atoms with Crippen LogP contribution in [0.3, 0.4) is 0 Å². The summed E-state index contributed by atoms with van der Waals surface area (Å²) in [4.78, 5) is 18.0. The number of nitro groups is 1. The molecule has 9 heteroatoms. The molecule has 9 nitrogen and oxygen atoms in total. The summed E-state index contributed by atoms with van der Waals surface area (Å²) in [7, 11) is 1.27. The van der Waals surface area contributed by atoms with Gasteiger partial charge in [-0.3, -0.25) is 10.1 Å². The van der Waals surface area contributed by atoms with Gasteiger partial charge in [0.15, 0.2) is 0 Å². The normalized spacial score (nSPS) is 10.1. The van der Waals surface area contributed by atoms with E-state index in [-0.39, 0.29) is 17.6 Å². The van der Waals surface area contributed by atoms with E-state index in [2.05, 4.69) is 15.3 Å². The van der Waals surface area contributed by atoms with Gasteiger partial charge in [-0.05, 0) is 31.2 Å². The van der Waals surface area contributed by atoms with E-state index in [4.69, 9.17) is 15.2 Å². The number of nitrogens with one attached hydrogen (secondary N) is 1. The Kier molecular flexibility index (Phi) is 4.57. The molecule has 0 bridgehead atoms. The van der Waals surface area contributed by atoms with Crippen molar-refractivity contribution in [1.29, 1.82) is 0 Å². The molecule has 0 saturated heterocycles. The molecule has 1 aromatic heterocycles. The van der Waals surface area contributed by atoms with E-state index in [0.717, 1.165) is 5.75 Å². The van der Waals surface area contributed by atoms with E-state index in [9.17, 15) is 10.1 Å². The van der Waals surface area contributed by atoms with Gasteiger partial charge in [-0.15, -0.1) is 0 Å². The van der Waals surface area contributed by atoms with Crippen molar-refractivity contribution in [2.45, 2.75) is 6.92 Å². The first kappa shape index (κ1) is 15.3. The summed E-state index contributed by atoms with van der Waals surface area (Å²) < 4.78 is 10.2. The zero-order valence-electron chi connectivity index (χ0n) is 12.1. The molecule has 2 aromatic rings. The Morgan fingerprint density at radius 2 is 2.00 bits per heavy atom. The molecule has 0 radical (unpaired) electrons. The largest absolute Gasteiger partial charge is 0.494 e. The van der Waals surface area contributed by atoms with E-state index in [0.29, 0.717) is 12.3 Å². The number of anilines is 3. The van der Waals surface area contributed by atoms with Gasteiger partial charge in [0.05, 0.1) is 18.6 Å². The lowest BCUT2D eigenvalue weighted by atomic mass is 10.3. The van der Waals surface area contributed by atoms with Crippen molar-refractivity contribution in [3.05, 3.63) is 34.4 Å². The Labute approximate surface area is 126 Å². The average molecular weight is 305 g/mol. The number of rotatable bonds is 6. The molecule has 116 valence electrons. The van der Waals surface area contributed by atoms with E-state index >= 15 is 0 Å². The van der Waals surface area contributed by atoms with Crippen LogP contribution >= 0.6 is 0 Å². The summed E-state index contributed by atoms with van der Waals surface area (Å²) in [5, 5.41) is 13.8. The van der Waals surface area contributed by atoms with Crippen molar-refractivity contribution in [1.82, 2.24) is 9.97 Å². The third kappa shape index (κ3) is 3.32. The third-order valence-electron chi connectivity index (χ3n) is 2.68. The molecule has 0 aliphatic carbocycles. The Hall–Kier alpha value is -3.10. The van der Waals surface area contributed by atoms with Crippen LogP contribution in [0.1, 0.15) is 6.92 Å². The van der Waals surface area contributed by atoms with Crippen molar-refractivity contribution >= 4 is 23.1 Å². The fourth-order valence-electron chi connectivity index (χ4n) is 1.75. The van der Waals surface area contributed by atoms with Crippen LogP contribution in [-0.4, -0.2) is 28.6 Å². The summed E-state index contributed by atoms with van der Waals surface area (Å²) in [6.07, 6.45) is 0. The van der Waals surface area contributed by atoms with E-state index in [1.165, 1.54) is 7.11 Å². The fraction of sp³-hybridized carbons (Fsp3) is 0.231. The second-order valence-corrected chi connectivity index (χ2v) is 4.13. The third-order valence-corrected chi connectivity index (χ3v) is 2.68. The fourth-order valence-corrected chi connectivity index (χ4v) is 1.75. The first-order valence-electron chi connectivity index (χ1n) is 6.41. The lowest BCUT2D eigenvalue weighted by molar-refractivity contribution is -0.385. The average Bonchev–Trinajstić information content (AvgIpc) is 2.48. The molecule has 0 aliphatic rings. The molecule has 1 heterocycles. The van der Waals surface area contributed by atoms with Crippen LogP contribution in [0, 0.1) is 10.1 Å². The lowest BCUT2D eigenvalue weighted by Gasteiger charge is -2.09. The van der Waals surface area contributed by atoms with E-state index in [1.54, 1.807) is 24.3 Å². The maximum Gasteiger partial charge on any atom is 0.372 e. The number of aromatic nitrogens is 2. The quantitative estimate of drug-likeness (QED) is 0.614. The Morgan fingerprint density at radius 3 is 2.55 bits per heavy atom. The minimum absolute atomic E-state index is 0.101. The molecule has 0 amide bonds. The number of hydrogen-bond acceptors (Lipinski definition) is 8. The minimum atomic E-state index is -0.686. The monoisotopic (exact) mass is 305 g/mol. The summed E-state index contributed by atoms with van der Waals surface area (Å²) >= 11 is 0. The van der Waals surface area contributed by atoms with Crippen molar-refractivity contribution in [2.75, 3.05) is 24.8 Å². The predicted molar refractivity (Wildman–Crippen MR) is 80.5 cm³/mol. The second kappa shape index (κ2) is 6.57. The van der Waals surface area contributed by atoms with Crippen molar-refractivity contribution in [2.24, 2.45) is 0 Å². The van der Waals surface area contributed by atoms with Gasteiger partial charge in [0, 0.05) is 5.69 Å². The van der Waals surface area contributed by atoms with Crippen LogP contribution in [0.25, 0.3) is 0 Å². The summed E-state index contributed by atoms with van der Waals surface area (Å²) in [5.74, 6) is 0.357. The van der Waals surface area contributed by atoms with Crippen LogP contribution in [0.15, 0.2) is 24.3 Å². The smallest absolute Gasteiger partial charge is 0.372 e. The molecule has 2 rings (SSSR count). The number of nitrogen functional groups attached to an aromatic ring is 1. The summed E-state index contributed by atoms with van der Waals surface area (Å²) in [5.41, 5.74) is 5.80.